The van der Waals surface area contributed by atoms with Gasteiger partial charge in [-0.15, -0.1) is 0 Å². The van der Waals surface area contributed by atoms with Gasteiger partial charge in [-0.2, -0.15) is 0 Å². The highest BCUT2D eigenvalue weighted by molar-refractivity contribution is 5.27. The maximum atomic E-state index is 9.26. The number of rotatable bonds is 1. The molecule has 0 radical (unpaired) electrons. The Labute approximate surface area is 72.2 Å². The highest BCUT2D eigenvalue weighted by Gasteiger charge is 2.34. The first-order valence-electron chi connectivity index (χ1n) is 4.44. The van der Waals surface area contributed by atoms with Crippen LogP contribution in [0.1, 0.15) is 31.1 Å². The van der Waals surface area contributed by atoms with Crippen molar-refractivity contribution in [1.29, 1.82) is 0 Å². The first-order valence-corrected chi connectivity index (χ1v) is 4.44. The molecule has 0 amide bonds. The van der Waals surface area contributed by atoms with Gasteiger partial charge in [0.05, 0.1) is 12.9 Å². The standard InChI is InChI=1S/C10H14O2/c1-10(7-11)5-2-3-8-4-6-12-9(8)10/h4,6,11H,2-3,5,7H2,1H3/t10-/m1/s1. The molecule has 1 aromatic heterocycles. The summed E-state index contributed by atoms with van der Waals surface area (Å²) in [7, 11) is 0. The monoisotopic (exact) mass is 166 g/mol. The Morgan fingerprint density at radius 2 is 2.50 bits per heavy atom. The van der Waals surface area contributed by atoms with Gasteiger partial charge in [-0.3, -0.25) is 0 Å². The van der Waals surface area contributed by atoms with Crippen LogP contribution < -0.4 is 0 Å². The van der Waals surface area contributed by atoms with Gasteiger partial charge in [0.1, 0.15) is 5.76 Å². The summed E-state index contributed by atoms with van der Waals surface area (Å²) >= 11 is 0. The summed E-state index contributed by atoms with van der Waals surface area (Å²) in [6.07, 6.45) is 5.01. The third kappa shape index (κ3) is 0.985. The van der Waals surface area contributed by atoms with Gasteiger partial charge in [-0.1, -0.05) is 6.92 Å². The average Bonchev–Trinajstić information content (AvgIpc) is 2.54. The number of hydrogen-bond donors (Lipinski definition) is 1. The highest BCUT2D eigenvalue weighted by atomic mass is 16.3. The minimum Gasteiger partial charge on any atom is -0.468 e. The number of furan rings is 1. The Bertz CT molecular complexity index is 277. The molecule has 0 aromatic carbocycles. The topological polar surface area (TPSA) is 33.4 Å². The third-order valence-corrected chi connectivity index (χ3v) is 2.82. The van der Waals surface area contributed by atoms with Crippen molar-refractivity contribution in [3.05, 3.63) is 23.7 Å². The molecule has 1 heterocycles. The second-order valence-electron chi connectivity index (χ2n) is 3.85. The third-order valence-electron chi connectivity index (χ3n) is 2.82. The van der Waals surface area contributed by atoms with Crippen LogP contribution in [0.25, 0.3) is 0 Å². The van der Waals surface area contributed by atoms with Crippen LogP contribution in [0.15, 0.2) is 16.7 Å². The predicted molar refractivity (Wildman–Crippen MR) is 46.1 cm³/mol. The molecule has 1 aromatic rings. The summed E-state index contributed by atoms with van der Waals surface area (Å²) in [5.41, 5.74) is 1.15. The lowest BCUT2D eigenvalue weighted by Crippen LogP contribution is -2.30. The molecule has 1 aliphatic carbocycles. The molecule has 1 aliphatic rings. The Morgan fingerprint density at radius 1 is 1.67 bits per heavy atom. The maximum absolute atomic E-state index is 9.26. The summed E-state index contributed by atoms with van der Waals surface area (Å²) in [5.74, 6) is 0.997. The van der Waals surface area contributed by atoms with Gasteiger partial charge in [0.25, 0.3) is 0 Å². The summed E-state index contributed by atoms with van der Waals surface area (Å²) in [5, 5.41) is 9.26. The number of hydrogen-bond acceptors (Lipinski definition) is 2. The molecule has 0 fully saturated rings. The van der Waals surface area contributed by atoms with E-state index in [1.54, 1.807) is 6.26 Å². The SMILES string of the molecule is C[C@]1(CO)CCCc2ccoc21. The summed E-state index contributed by atoms with van der Waals surface area (Å²) < 4.78 is 5.40. The maximum Gasteiger partial charge on any atom is 0.115 e. The first-order chi connectivity index (χ1) is 5.76. The Balaban J connectivity index is 2.44. The normalized spacial score (nSPS) is 28.5. The molecule has 2 heteroatoms. The zero-order valence-corrected chi connectivity index (χ0v) is 7.34. The van der Waals surface area contributed by atoms with Gasteiger partial charge in [0.15, 0.2) is 0 Å². The van der Waals surface area contributed by atoms with E-state index in [0.29, 0.717) is 0 Å². The van der Waals surface area contributed by atoms with E-state index in [2.05, 4.69) is 6.92 Å². The van der Waals surface area contributed by atoms with E-state index >= 15 is 0 Å². The van der Waals surface area contributed by atoms with E-state index in [4.69, 9.17) is 4.42 Å². The Hall–Kier alpha value is -0.760. The second-order valence-corrected chi connectivity index (χ2v) is 3.85. The Morgan fingerprint density at radius 3 is 3.25 bits per heavy atom. The van der Waals surface area contributed by atoms with Gasteiger partial charge in [-0.05, 0) is 30.9 Å². The van der Waals surface area contributed by atoms with Gasteiger partial charge < -0.3 is 9.52 Å². The minimum absolute atomic E-state index is 0.128. The number of aryl methyl sites for hydroxylation is 1. The molecule has 0 aliphatic heterocycles. The largest absolute Gasteiger partial charge is 0.468 e. The smallest absolute Gasteiger partial charge is 0.115 e. The van der Waals surface area contributed by atoms with Crippen molar-refractivity contribution in [3.8, 4) is 0 Å². The molecule has 1 atom stereocenters. The van der Waals surface area contributed by atoms with Crippen molar-refractivity contribution in [3.63, 3.8) is 0 Å². The molecule has 2 nitrogen and oxygen atoms in total. The summed E-state index contributed by atoms with van der Waals surface area (Å²) in [6.45, 7) is 2.25. The Kier molecular flexibility index (Phi) is 1.72. The van der Waals surface area contributed by atoms with Gasteiger partial charge in [0, 0.05) is 5.41 Å². The molecular weight excluding hydrogens is 152 g/mol. The fourth-order valence-electron chi connectivity index (χ4n) is 2.00. The van der Waals surface area contributed by atoms with Gasteiger partial charge in [0.2, 0.25) is 0 Å². The van der Waals surface area contributed by atoms with E-state index in [1.165, 1.54) is 5.56 Å². The number of fused-ring (bicyclic) bond motifs is 1. The van der Waals surface area contributed by atoms with Crippen molar-refractivity contribution in [2.75, 3.05) is 6.61 Å². The van der Waals surface area contributed by atoms with Crippen molar-refractivity contribution in [1.82, 2.24) is 0 Å². The fourth-order valence-corrected chi connectivity index (χ4v) is 2.00. The van der Waals surface area contributed by atoms with Crippen LogP contribution in [0.2, 0.25) is 0 Å². The predicted octanol–water partition coefficient (Wildman–Crippen LogP) is 1.87. The minimum atomic E-state index is -0.128. The van der Waals surface area contributed by atoms with Gasteiger partial charge >= 0.3 is 0 Å². The molecular formula is C10H14O2. The van der Waals surface area contributed by atoms with Crippen molar-refractivity contribution < 1.29 is 9.52 Å². The number of aliphatic hydroxyl groups is 1. The van der Waals surface area contributed by atoms with Crippen molar-refractivity contribution in [2.24, 2.45) is 0 Å². The van der Waals surface area contributed by atoms with Crippen molar-refractivity contribution in [2.45, 2.75) is 31.6 Å². The van der Waals surface area contributed by atoms with E-state index in [0.717, 1.165) is 25.0 Å². The lowest BCUT2D eigenvalue weighted by atomic mass is 9.76. The summed E-state index contributed by atoms with van der Waals surface area (Å²) in [4.78, 5) is 0. The van der Waals surface area contributed by atoms with Crippen LogP contribution in [0.4, 0.5) is 0 Å². The van der Waals surface area contributed by atoms with Crippen molar-refractivity contribution >= 4 is 0 Å². The lowest BCUT2D eigenvalue weighted by molar-refractivity contribution is 0.165. The molecule has 0 saturated carbocycles. The quantitative estimate of drug-likeness (QED) is 0.690. The van der Waals surface area contributed by atoms with E-state index in [-0.39, 0.29) is 12.0 Å². The van der Waals surface area contributed by atoms with E-state index in [9.17, 15) is 5.11 Å². The van der Waals surface area contributed by atoms with Crippen LogP contribution in [-0.4, -0.2) is 11.7 Å². The van der Waals surface area contributed by atoms with Gasteiger partial charge in [-0.25, -0.2) is 0 Å². The fraction of sp³-hybridized carbons (Fsp3) is 0.600. The summed E-state index contributed by atoms with van der Waals surface area (Å²) in [6, 6.07) is 2.02. The molecule has 1 N–H and O–H groups in total. The van der Waals surface area contributed by atoms with Crippen LogP contribution in [0.5, 0.6) is 0 Å². The number of aliphatic hydroxyl groups excluding tert-OH is 1. The molecule has 0 bridgehead atoms. The zero-order chi connectivity index (χ0) is 8.60. The van der Waals surface area contributed by atoms with Crippen LogP contribution >= 0.6 is 0 Å². The van der Waals surface area contributed by atoms with Crippen LogP contribution in [0, 0.1) is 0 Å². The molecule has 0 saturated heterocycles. The molecule has 66 valence electrons. The lowest BCUT2D eigenvalue weighted by Gasteiger charge is -2.29. The first kappa shape index (κ1) is 7.87. The molecule has 0 unspecified atom stereocenters. The molecule has 2 rings (SSSR count). The molecule has 12 heavy (non-hydrogen) atoms. The van der Waals surface area contributed by atoms with E-state index < -0.39 is 0 Å². The zero-order valence-electron chi connectivity index (χ0n) is 7.34. The molecule has 0 spiro atoms. The van der Waals surface area contributed by atoms with E-state index in [1.807, 2.05) is 6.07 Å². The highest BCUT2D eigenvalue weighted by Crippen LogP contribution is 2.37. The van der Waals surface area contributed by atoms with Crippen LogP contribution in [0.3, 0.4) is 0 Å². The second kappa shape index (κ2) is 2.63. The van der Waals surface area contributed by atoms with Crippen LogP contribution in [-0.2, 0) is 11.8 Å². The average molecular weight is 166 g/mol.